The Hall–Kier alpha value is -2.69. The van der Waals surface area contributed by atoms with Gasteiger partial charge in [0.25, 0.3) is 0 Å². The van der Waals surface area contributed by atoms with Crippen LogP contribution in [0, 0.1) is 5.82 Å². The molecule has 0 saturated heterocycles. The van der Waals surface area contributed by atoms with Crippen molar-refractivity contribution in [3.8, 4) is 5.75 Å². The van der Waals surface area contributed by atoms with Crippen LogP contribution in [0.3, 0.4) is 0 Å². The first-order valence-electron chi connectivity index (χ1n) is 8.93. The smallest absolute Gasteiger partial charge is 0.165 e. The van der Waals surface area contributed by atoms with Gasteiger partial charge in [0.15, 0.2) is 11.6 Å². The van der Waals surface area contributed by atoms with Crippen molar-refractivity contribution in [3.63, 3.8) is 0 Å². The molecule has 4 heteroatoms. The number of phenols is 1. The van der Waals surface area contributed by atoms with Crippen LogP contribution >= 0.6 is 0 Å². The number of aliphatic hydroxyl groups excluding tert-OH is 1. The molecule has 1 aliphatic rings. The number of ether oxygens (including phenoxy) is 1. The zero-order valence-electron chi connectivity index (χ0n) is 15.1. The lowest BCUT2D eigenvalue weighted by molar-refractivity contribution is 0.117. The van der Waals surface area contributed by atoms with Gasteiger partial charge >= 0.3 is 0 Å². The molecule has 2 N–H and O–H groups in total. The molecule has 1 aliphatic heterocycles. The number of aromatic hydroxyl groups is 1. The highest BCUT2D eigenvalue weighted by atomic mass is 19.1. The second kappa shape index (κ2) is 8.80. The summed E-state index contributed by atoms with van der Waals surface area (Å²) < 4.78 is 19.5. The van der Waals surface area contributed by atoms with Gasteiger partial charge in [-0.1, -0.05) is 55.1 Å². The molecule has 2 aromatic carbocycles. The SMILES string of the molecule is C=C(CO)C1=CCOC1CC/C(=C/c1ccc(O)c(F)c1)c1ccccc1. The van der Waals surface area contributed by atoms with E-state index in [1.807, 2.05) is 42.5 Å². The summed E-state index contributed by atoms with van der Waals surface area (Å²) in [6, 6.07) is 14.3. The van der Waals surface area contributed by atoms with Crippen molar-refractivity contribution in [2.75, 3.05) is 13.2 Å². The number of benzene rings is 2. The fourth-order valence-corrected chi connectivity index (χ4v) is 3.23. The minimum atomic E-state index is -0.639. The maximum atomic E-state index is 13.7. The van der Waals surface area contributed by atoms with E-state index in [2.05, 4.69) is 6.58 Å². The minimum Gasteiger partial charge on any atom is -0.505 e. The molecule has 27 heavy (non-hydrogen) atoms. The van der Waals surface area contributed by atoms with Gasteiger partial charge in [-0.05, 0) is 52.8 Å². The molecule has 140 valence electrons. The number of hydrogen-bond acceptors (Lipinski definition) is 3. The van der Waals surface area contributed by atoms with Crippen molar-refractivity contribution in [2.45, 2.75) is 18.9 Å². The van der Waals surface area contributed by atoms with Gasteiger partial charge in [-0.25, -0.2) is 4.39 Å². The zero-order chi connectivity index (χ0) is 19.2. The molecule has 0 spiro atoms. The number of halogens is 1. The van der Waals surface area contributed by atoms with Crippen molar-refractivity contribution >= 4 is 11.6 Å². The van der Waals surface area contributed by atoms with Crippen molar-refractivity contribution in [3.05, 3.63) is 89.3 Å². The lowest BCUT2D eigenvalue weighted by Crippen LogP contribution is -2.13. The summed E-state index contributed by atoms with van der Waals surface area (Å²) in [4.78, 5) is 0. The van der Waals surface area contributed by atoms with E-state index >= 15 is 0 Å². The van der Waals surface area contributed by atoms with Gasteiger partial charge < -0.3 is 14.9 Å². The third-order valence-corrected chi connectivity index (χ3v) is 4.68. The summed E-state index contributed by atoms with van der Waals surface area (Å²) in [5.74, 6) is -0.996. The van der Waals surface area contributed by atoms with Crippen LogP contribution in [0.5, 0.6) is 5.75 Å². The van der Waals surface area contributed by atoms with E-state index in [-0.39, 0.29) is 18.5 Å². The van der Waals surface area contributed by atoms with Crippen molar-refractivity contribution in [1.29, 1.82) is 0 Å². The van der Waals surface area contributed by atoms with Crippen molar-refractivity contribution < 1.29 is 19.3 Å². The highest BCUT2D eigenvalue weighted by molar-refractivity contribution is 5.81. The molecule has 0 saturated carbocycles. The van der Waals surface area contributed by atoms with Gasteiger partial charge in [0.1, 0.15) is 0 Å². The maximum absolute atomic E-state index is 13.7. The second-order valence-electron chi connectivity index (χ2n) is 6.53. The van der Waals surface area contributed by atoms with Crippen molar-refractivity contribution in [2.24, 2.45) is 0 Å². The molecule has 3 nitrogen and oxygen atoms in total. The van der Waals surface area contributed by atoms with E-state index in [9.17, 15) is 14.6 Å². The molecular weight excluding hydrogens is 343 g/mol. The number of allylic oxidation sites excluding steroid dienone is 1. The Morgan fingerprint density at radius 3 is 2.70 bits per heavy atom. The average molecular weight is 366 g/mol. The fourth-order valence-electron chi connectivity index (χ4n) is 3.23. The number of hydrogen-bond donors (Lipinski definition) is 2. The topological polar surface area (TPSA) is 49.7 Å². The Bertz CT molecular complexity index is 868. The molecular formula is C23H23FO3. The molecule has 0 aliphatic carbocycles. The lowest BCUT2D eigenvalue weighted by Gasteiger charge is -2.17. The van der Waals surface area contributed by atoms with Gasteiger partial charge in [-0.15, -0.1) is 0 Å². The van der Waals surface area contributed by atoms with E-state index in [4.69, 9.17) is 4.74 Å². The van der Waals surface area contributed by atoms with Crippen LogP contribution in [0.2, 0.25) is 0 Å². The first-order valence-corrected chi connectivity index (χ1v) is 8.93. The van der Waals surface area contributed by atoms with Crippen LogP contribution in [-0.4, -0.2) is 29.5 Å². The monoisotopic (exact) mass is 366 g/mol. The number of aliphatic hydroxyl groups is 1. The van der Waals surface area contributed by atoms with Crippen LogP contribution in [0.15, 0.2) is 72.3 Å². The van der Waals surface area contributed by atoms with Crippen LogP contribution in [0.4, 0.5) is 4.39 Å². The Morgan fingerprint density at radius 1 is 1.22 bits per heavy atom. The maximum Gasteiger partial charge on any atom is 0.165 e. The summed E-state index contributed by atoms with van der Waals surface area (Å²) in [6.07, 6.45) is 5.23. The molecule has 3 rings (SSSR count). The molecule has 1 atom stereocenters. The summed E-state index contributed by atoms with van der Waals surface area (Å²) in [5.41, 5.74) is 4.43. The van der Waals surface area contributed by atoms with Crippen LogP contribution in [0.1, 0.15) is 24.0 Å². The van der Waals surface area contributed by atoms with Crippen molar-refractivity contribution in [1.82, 2.24) is 0 Å². The molecule has 0 radical (unpaired) electrons. The Labute approximate surface area is 158 Å². The molecule has 0 amide bonds. The van der Waals surface area contributed by atoms with E-state index < -0.39 is 5.82 Å². The predicted octanol–water partition coefficient (Wildman–Crippen LogP) is 4.73. The van der Waals surface area contributed by atoms with Crippen LogP contribution in [0.25, 0.3) is 11.6 Å². The molecule has 1 heterocycles. The first-order chi connectivity index (χ1) is 13.1. The minimum absolute atomic E-state index is 0.0835. The summed E-state index contributed by atoms with van der Waals surface area (Å²) in [7, 11) is 0. The Kier molecular flexibility index (Phi) is 6.22. The van der Waals surface area contributed by atoms with E-state index in [1.165, 1.54) is 12.1 Å². The highest BCUT2D eigenvalue weighted by Crippen LogP contribution is 2.30. The van der Waals surface area contributed by atoms with Gasteiger partial charge in [0.2, 0.25) is 0 Å². The first kappa shape index (κ1) is 19.1. The van der Waals surface area contributed by atoms with Gasteiger partial charge in [0.05, 0.1) is 19.3 Å². The van der Waals surface area contributed by atoms with Crippen LogP contribution < -0.4 is 0 Å². The Morgan fingerprint density at radius 2 is 2.00 bits per heavy atom. The fraction of sp³-hybridized carbons (Fsp3) is 0.217. The lowest BCUT2D eigenvalue weighted by atomic mass is 9.93. The van der Waals surface area contributed by atoms with E-state index in [0.717, 1.165) is 23.1 Å². The van der Waals surface area contributed by atoms with Crippen LogP contribution in [-0.2, 0) is 4.74 Å². The largest absolute Gasteiger partial charge is 0.505 e. The van der Waals surface area contributed by atoms with E-state index in [0.29, 0.717) is 24.2 Å². The summed E-state index contributed by atoms with van der Waals surface area (Å²) >= 11 is 0. The highest BCUT2D eigenvalue weighted by Gasteiger charge is 2.22. The number of rotatable bonds is 7. The molecule has 1 unspecified atom stereocenters. The second-order valence-corrected chi connectivity index (χ2v) is 6.53. The van der Waals surface area contributed by atoms with E-state index in [1.54, 1.807) is 6.07 Å². The molecule has 0 bridgehead atoms. The normalized spacial score (nSPS) is 17.0. The summed E-state index contributed by atoms with van der Waals surface area (Å²) in [6.45, 7) is 4.34. The zero-order valence-corrected chi connectivity index (χ0v) is 15.1. The number of phenolic OH excluding ortho intramolecular Hbond substituents is 1. The quantitative estimate of drug-likeness (QED) is 0.697. The molecule has 0 aromatic heterocycles. The summed E-state index contributed by atoms with van der Waals surface area (Å²) in [5, 5.41) is 18.7. The van der Waals surface area contributed by atoms with Gasteiger partial charge in [-0.2, -0.15) is 0 Å². The van der Waals surface area contributed by atoms with Gasteiger partial charge in [-0.3, -0.25) is 0 Å². The third-order valence-electron chi connectivity index (χ3n) is 4.68. The third kappa shape index (κ3) is 4.73. The standard InChI is InChI=1S/C23H23FO3/c1-16(15-25)20-11-12-27-23(20)10-8-19(18-5-3-2-4-6-18)13-17-7-9-22(26)21(24)14-17/h2-7,9,11,13-14,23,25-26H,1,8,10,12,15H2/b19-13-. The predicted molar refractivity (Wildman–Crippen MR) is 106 cm³/mol. The van der Waals surface area contributed by atoms with Gasteiger partial charge in [0, 0.05) is 0 Å². The average Bonchev–Trinajstić information content (AvgIpc) is 3.16. The molecule has 0 fully saturated rings. The molecule has 2 aromatic rings. The Balaban J connectivity index is 1.83.